The normalized spacial score (nSPS) is 10.9. The van der Waals surface area contributed by atoms with Crippen LogP contribution in [0.4, 0.5) is 0 Å². The molecule has 4 rings (SSSR count). The monoisotopic (exact) mass is 458 g/mol. The minimum atomic E-state index is -0.664. The molecule has 0 unspecified atom stereocenters. The number of carbonyl (C=O) groups excluding carboxylic acids is 1. The highest BCUT2D eigenvalue weighted by Gasteiger charge is 2.17. The van der Waals surface area contributed by atoms with Gasteiger partial charge in [-0.25, -0.2) is 4.79 Å². The predicted molar refractivity (Wildman–Crippen MR) is 127 cm³/mol. The van der Waals surface area contributed by atoms with Crippen LogP contribution in [0.1, 0.15) is 48.4 Å². The van der Waals surface area contributed by atoms with Crippen LogP contribution in [0, 0.1) is 0 Å². The van der Waals surface area contributed by atoms with Gasteiger partial charge in [0.2, 0.25) is 5.82 Å². The number of ether oxygens (including phenoxy) is 1. The van der Waals surface area contributed by atoms with E-state index in [0.29, 0.717) is 24.6 Å². The van der Waals surface area contributed by atoms with Crippen molar-refractivity contribution in [3.05, 3.63) is 82.0 Å². The maximum atomic E-state index is 12.5. The molecule has 4 aromatic rings. The van der Waals surface area contributed by atoms with Crippen LogP contribution in [0.2, 0.25) is 0 Å². The van der Waals surface area contributed by atoms with Gasteiger partial charge in [-0.05, 0) is 41.3 Å². The van der Waals surface area contributed by atoms with Gasteiger partial charge in [-0.2, -0.15) is 10.2 Å². The van der Waals surface area contributed by atoms with E-state index in [1.807, 2.05) is 53.1 Å². The van der Waals surface area contributed by atoms with Crippen LogP contribution >= 0.6 is 0 Å². The number of nitrogens with one attached hydrogen (secondary N) is 1. The summed E-state index contributed by atoms with van der Waals surface area (Å²) in [5.41, 5.74) is 3.15. The molecule has 0 bridgehead atoms. The quantitative estimate of drug-likeness (QED) is 0.381. The molecular formula is C25H26N6O3. The molecular weight excluding hydrogens is 432 g/mol. The van der Waals surface area contributed by atoms with Gasteiger partial charge in [0.25, 0.3) is 5.56 Å². The Bertz CT molecular complexity index is 1320. The first-order valence-corrected chi connectivity index (χ1v) is 11.3. The van der Waals surface area contributed by atoms with Crippen molar-refractivity contribution in [2.45, 2.75) is 39.7 Å². The standard InChI is InChI=1S/C25H26N6O3/c1-3-5-11-22-26-24(32)21(25(33)34-4-2)16-31(22)15-17-12-13-19(18-9-7-6-8-10-18)20(14-17)23-27-29-30-28-23/h6-10,12-14,16H,3-5,11,15H2,1-2H3,(H,27,28,29,30). The van der Waals surface area contributed by atoms with Gasteiger partial charge in [-0.15, -0.1) is 10.2 Å². The third-order valence-corrected chi connectivity index (χ3v) is 5.43. The second kappa shape index (κ2) is 10.7. The molecule has 0 atom stereocenters. The van der Waals surface area contributed by atoms with Gasteiger partial charge >= 0.3 is 5.97 Å². The minimum absolute atomic E-state index is 0.0682. The molecule has 0 aliphatic carbocycles. The molecule has 0 aliphatic rings. The molecule has 9 nitrogen and oxygen atoms in total. The van der Waals surface area contributed by atoms with Crippen molar-refractivity contribution in [1.29, 1.82) is 0 Å². The zero-order valence-electron chi connectivity index (χ0n) is 19.2. The fourth-order valence-corrected chi connectivity index (χ4v) is 3.76. The molecule has 34 heavy (non-hydrogen) atoms. The van der Waals surface area contributed by atoms with Crippen LogP contribution in [-0.4, -0.2) is 42.8 Å². The first-order valence-electron chi connectivity index (χ1n) is 11.3. The molecule has 0 radical (unpaired) electrons. The first-order chi connectivity index (χ1) is 16.6. The molecule has 0 aliphatic heterocycles. The average molecular weight is 459 g/mol. The highest BCUT2D eigenvalue weighted by Crippen LogP contribution is 2.31. The SMILES string of the molecule is CCCCc1nc(=O)c(C(=O)OCC)cn1Cc1ccc(-c2ccccc2)c(-c2nn[nH]n2)c1. The van der Waals surface area contributed by atoms with Gasteiger partial charge in [-0.1, -0.05) is 55.8 Å². The highest BCUT2D eigenvalue weighted by atomic mass is 16.5. The molecule has 1 N–H and O–H groups in total. The predicted octanol–water partition coefficient (Wildman–Crippen LogP) is 3.66. The van der Waals surface area contributed by atoms with Crippen molar-refractivity contribution in [3.8, 4) is 22.5 Å². The Hall–Kier alpha value is -4.14. The van der Waals surface area contributed by atoms with E-state index in [1.54, 1.807) is 13.1 Å². The first kappa shape index (κ1) is 23.0. The summed E-state index contributed by atoms with van der Waals surface area (Å²) in [6.45, 7) is 4.38. The minimum Gasteiger partial charge on any atom is -0.462 e. The average Bonchev–Trinajstić information content (AvgIpc) is 3.39. The van der Waals surface area contributed by atoms with Gasteiger partial charge in [0, 0.05) is 24.7 Å². The Morgan fingerprint density at radius 3 is 2.62 bits per heavy atom. The number of nitrogens with zero attached hydrogens (tertiary/aromatic N) is 5. The van der Waals surface area contributed by atoms with E-state index in [4.69, 9.17) is 4.74 Å². The maximum absolute atomic E-state index is 12.5. The van der Waals surface area contributed by atoms with Gasteiger partial charge in [0.05, 0.1) is 6.61 Å². The Labute approximate surface area is 196 Å². The van der Waals surface area contributed by atoms with E-state index in [1.165, 1.54) is 0 Å². The van der Waals surface area contributed by atoms with Crippen LogP contribution in [0.25, 0.3) is 22.5 Å². The van der Waals surface area contributed by atoms with Crippen LogP contribution in [0.15, 0.2) is 59.5 Å². The summed E-state index contributed by atoms with van der Waals surface area (Å²) in [5, 5.41) is 14.6. The molecule has 0 saturated carbocycles. The lowest BCUT2D eigenvalue weighted by Crippen LogP contribution is -2.26. The zero-order chi connectivity index (χ0) is 23.9. The number of unbranched alkanes of at least 4 members (excludes halogenated alkanes) is 1. The number of aryl methyl sites for hydroxylation is 1. The number of hydrogen-bond donors (Lipinski definition) is 1. The lowest BCUT2D eigenvalue weighted by molar-refractivity contribution is 0.0523. The Morgan fingerprint density at radius 1 is 1.09 bits per heavy atom. The molecule has 0 saturated heterocycles. The third-order valence-electron chi connectivity index (χ3n) is 5.43. The van der Waals surface area contributed by atoms with E-state index in [0.717, 1.165) is 35.1 Å². The molecule has 174 valence electrons. The molecule has 2 aromatic carbocycles. The molecule has 0 spiro atoms. The van der Waals surface area contributed by atoms with Crippen molar-refractivity contribution < 1.29 is 9.53 Å². The van der Waals surface area contributed by atoms with Crippen LogP contribution in [-0.2, 0) is 17.7 Å². The number of benzene rings is 2. The number of aromatic amines is 1. The maximum Gasteiger partial charge on any atom is 0.345 e. The van der Waals surface area contributed by atoms with Crippen molar-refractivity contribution in [2.24, 2.45) is 0 Å². The molecule has 2 heterocycles. The van der Waals surface area contributed by atoms with E-state index >= 15 is 0 Å². The number of esters is 1. The number of carbonyl (C=O) groups is 1. The summed E-state index contributed by atoms with van der Waals surface area (Å²) >= 11 is 0. The van der Waals surface area contributed by atoms with Crippen LogP contribution in [0.5, 0.6) is 0 Å². The molecule has 9 heteroatoms. The number of aromatic nitrogens is 6. The van der Waals surface area contributed by atoms with Gasteiger partial charge in [0.15, 0.2) is 0 Å². The number of H-pyrrole nitrogens is 1. The number of tetrazole rings is 1. The molecule has 0 amide bonds. The van der Waals surface area contributed by atoms with Crippen molar-refractivity contribution in [1.82, 2.24) is 30.2 Å². The van der Waals surface area contributed by atoms with Crippen molar-refractivity contribution >= 4 is 5.97 Å². The third kappa shape index (κ3) is 5.09. The van der Waals surface area contributed by atoms with Crippen molar-refractivity contribution in [3.63, 3.8) is 0 Å². The van der Waals surface area contributed by atoms with Gasteiger partial charge in [0.1, 0.15) is 11.4 Å². The summed E-state index contributed by atoms with van der Waals surface area (Å²) in [5.74, 6) is 0.452. The second-order valence-electron chi connectivity index (χ2n) is 7.81. The topological polar surface area (TPSA) is 116 Å². The Morgan fingerprint density at radius 2 is 1.91 bits per heavy atom. The van der Waals surface area contributed by atoms with E-state index in [2.05, 4.69) is 32.5 Å². The van der Waals surface area contributed by atoms with E-state index in [-0.39, 0.29) is 12.2 Å². The van der Waals surface area contributed by atoms with Crippen molar-refractivity contribution in [2.75, 3.05) is 6.61 Å². The molecule has 2 aromatic heterocycles. The summed E-state index contributed by atoms with van der Waals surface area (Å²) in [6, 6.07) is 16.0. The zero-order valence-corrected chi connectivity index (χ0v) is 19.2. The van der Waals surface area contributed by atoms with E-state index < -0.39 is 11.5 Å². The van der Waals surface area contributed by atoms with Crippen LogP contribution in [0.3, 0.4) is 0 Å². The highest BCUT2D eigenvalue weighted by molar-refractivity contribution is 5.88. The summed E-state index contributed by atoms with van der Waals surface area (Å²) < 4.78 is 6.90. The lowest BCUT2D eigenvalue weighted by Gasteiger charge is -2.15. The van der Waals surface area contributed by atoms with Gasteiger partial charge < -0.3 is 9.30 Å². The fourth-order valence-electron chi connectivity index (χ4n) is 3.76. The number of hydrogen-bond acceptors (Lipinski definition) is 7. The summed E-state index contributed by atoms with van der Waals surface area (Å²) in [6.07, 6.45) is 4.03. The molecule has 0 fully saturated rings. The lowest BCUT2D eigenvalue weighted by atomic mass is 9.97. The fraction of sp³-hybridized carbons (Fsp3) is 0.280. The Kier molecular flexibility index (Phi) is 7.22. The van der Waals surface area contributed by atoms with Crippen LogP contribution < -0.4 is 5.56 Å². The Balaban J connectivity index is 1.77. The summed E-state index contributed by atoms with van der Waals surface area (Å²) in [4.78, 5) is 29.0. The van der Waals surface area contributed by atoms with E-state index in [9.17, 15) is 9.59 Å². The number of rotatable bonds is 9. The van der Waals surface area contributed by atoms with Gasteiger partial charge in [-0.3, -0.25) is 4.79 Å². The largest absolute Gasteiger partial charge is 0.462 e. The summed E-state index contributed by atoms with van der Waals surface area (Å²) in [7, 11) is 0. The second-order valence-corrected chi connectivity index (χ2v) is 7.81. The smallest absolute Gasteiger partial charge is 0.345 e.